The zero-order chi connectivity index (χ0) is 13.6. The SMILES string of the molecule is Fc1ccc2c(c1)C(n1cccc1)C1(CCCNC1)O2. The lowest BCUT2D eigenvalue weighted by Crippen LogP contribution is -2.52. The van der Waals surface area contributed by atoms with Crippen LogP contribution >= 0.6 is 0 Å². The summed E-state index contributed by atoms with van der Waals surface area (Å²) in [7, 11) is 0. The quantitative estimate of drug-likeness (QED) is 0.864. The first-order valence-corrected chi connectivity index (χ1v) is 7.10. The van der Waals surface area contributed by atoms with Gasteiger partial charge in [-0.05, 0) is 49.7 Å². The number of fused-ring (bicyclic) bond motifs is 1. The first kappa shape index (κ1) is 12.0. The molecule has 0 amide bonds. The summed E-state index contributed by atoms with van der Waals surface area (Å²) in [6.07, 6.45) is 6.13. The molecular formula is C16H17FN2O. The first-order chi connectivity index (χ1) is 9.78. The molecule has 0 radical (unpaired) electrons. The summed E-state index contributed by atoms with van der Waals surface area (Å²) in [4.78, 5) is 0. The first-order valence-electron chi connectivity index (χ1n) is 7.10. The number of nitrogens with zero attached hydrogens (tertiary/aromatic N) is 1. The Balaban J connectivity index is 1.86. The molecule has 2 aliphatic rings. The second-order valence-corrected chi connectivity index (χ2v) is 5.66. The van der Waals surface area contributed by atoms with E-state index in [1.165, 1.54) is 6.07 Å². The minimum atomic E-state index is -0.298. The molecule has 2 aliphatic heterocycles. The number of rotatable bonds is 1. The van der Waals surface area contributed by atoms with E-state index in [1.54, 1.807) is 12.1 Å². The Labute approximate surface area is 117 Å². The van der Waals surface area contributed by atoms with E-state index in [4.69, 9.17) is 4.74 Å². The van der Waals surface area contributed by atoms with Gasteiger partial charge in [0, 0.05) is 24.5 Å². The van der Waals surface area contributed by atoms with E-state index >= 15 is 0 Å². The predicted molar refractivity (Wildman–Crippen MR) is 74.4 cm³/mol. The van der Waals surface area contributed by atoms with Crippen molar-refractivity contribution in [3.05, 3.63) is 54.1 Å². The normalized spacial score (nSPS) is 28.4. The fourth-order valence-corrected chi connectivity index (χ4v) is 3.56. The lowest BCUT2D eigenvalue weighted by Gasteiger charge is -2.38. The molecule has 1 saturated heterocycles. The molecule has 3 heterocycles. The molecule has 2 unspecified atom stereocenters. The molecule has 0 aliphatic carbocycles. The summed E-state index contributed by atoms with van der Waals surface area (Å²) in [5.41, 5.74) is 0.651. The average Bonchev–Trinajstić information content (AvgIpc) is 3.05. The molecule has 1 aromatic heterocycles. The van der Waals surface area contributed by atoms with Gasteiger partial charge in [0.2, 0.25) is 0 Å². The molecule has 4 heteroatoms. The van der Waals surface area contributed by atoms with Crippen molar-refractivity contribution in [1.29, 1.82) is 0 Å². The molecule has 20 heavy (non-hydrogen) atoms. The van der Waals surface area contributed by atoms with Gasteiger partial charge in [-0.1, -0.05) is 0 Å². The van der Waals surface area contributed by atoms with E-state index in [1.807, 2.05) is 24.5 Å². The van der Waals surface area contributed by atoms with Crippen LogP contribution in [0.15, 0.2) is 42.7 Å². The fourth-order valence-electron chi connectivity index (χ4n) is 3.56. The van der Waals surface area contributed by atoms with Gasteiger partial charge in [-0.15, -0.1) is 0 Å². The Morgan fingerprint density at radius 1 is 1.30 bits per heavy atom. The number of nitrogens with one attached hydrogen (secondary N) is 1. The molecule has 104 valence electrons. The van der Waals surface area contributed by atoms with E-state index < -0.39 is 0 Å². The third-order valence-corrected chi connectivity index (χ3v) is 4.38. The standard InChI is InChI=1S/C16H17FN2O/c17-12-4-5-14-13(10-12)15(19-8-1-2-9-19)16(20-14)6-3-7-18-11-16/h1-2,4-5,8-10,15,18H,3,6-7,11H2. The van der Waals surface area contributed by atoms with Crippen LogP contribution in [0.2, 0.25) is 0 Å². The van der Waals surface area contributed by atoms with Crippen LogP contribution in [0.3, 0.4) is 0 Å². The van der Waals surface area contributed by atoms with Crippen molar-refractivity contribution >= 4 is 0 Å². The zero-order valence-corrected chi connectivity index (χ0v) is 11.2. The Morgan fingerprint density at radius 2 is 2.15 bits per heavy atom. The van der Waals surface area contributed by atoms with Crippen LogP contribution in [-0.4, -0.2) is 23.3 Å². The maximum Gasteiger partial charge on any atom is 0.146 e. The van der Waals surface area contributed by atoms with Crippen LogP contribution < -0.4 is 10.1 Å². The Kier molecular flexibility index (Phi) is 2.60. The van der Waals surface area contributed by atoms with E-state index in [9.17, 15) is 4.39 Å². The lowest BCUT2D eigenvalue weighted by atomic mass is 9.84. The molecule has 2 atom stereocenters. The summed E-state index contributed by atoms with van der Waals surface area (Å²) in [6, 6.07) is 8.88. The predicted octanol–water partition coefficient (Wildman–Crippen LogP) is 2.73. The molecule has 1 aromatic carbocycles. The number of piperidine rings is 1. The van der Waals surface area contributed by atoms with E-state index in [-0.39, 0.29) is 17.5 Å². The number of benzene rings is 1. The van der Waals surface area contributed by atoms with Gasteiger partial charge in [0.1, 0.15) is 23.2 Å². The van der Waals surface area contributed by atoms with Crippen LogP contribution in [-0.2, 0) is 0 Å². The molecule has 1 N–H and O–H groups in total. The van der Waals surface area contributed by atoms with Crippen molar-refractivity contribution < 1.29 is 9.13 Å². The summed E-state index contributed by atoms with van der Waals surface area (Å²) in [6.45, 7) is 1.82. The Bertz CT molecular complexity index is 617. The number of ether oxygens (including phenoxy) is 1. The van der Waals surface area contributed by atoms with Crippen molar-refractivity contribution in [2.75, 3.05) is 13.1 Å². The average molecular weight is 272 g/mol. The largest absolute Gasteiger partial charge is 0.483 e. The van der Waals surface area contributed by atoms with E-state index in [2.05, 4.69) is 9.88 Å². The highest BCUT2D eigenvalue weighted by atomic mass is 19.1. The lowest BCUT2D eigenvalue weighted by molar-refractivity contribution is 0.0330. The minimum Gasteiger partial charge on any atom is -0.483 e. The van der Waals surface area contributed by atoms with Crippen molar-refractivity contribution in [2.45, 2.75) is 24.5 Å². The van der Waals surface area contributed by atoms with Gasteiger partial charge in [0.25, 0.3) is 0 Å². The van der Waals surface area contributed by atoms with Crippen molar-refractivity contribution in [2.24, 2.45) is 0 Å². The number of aromatic nitrogens is 1. The Hall–Kier alpha value is -1.81. The Morgan fingerprint density at radius 3 is 2.90 bits per heavy atom. The minimum absolute atomic E-state index is 0.0380. The highest BCUT2D eigenvalue weighted by Gasteiger charge is 2.49. The number of hydrogen-bond acceptors (Lipinski definition) is 2. The van der Waals surface area contributed by atoms with Gasteiger partial charge in [0.05, 0.1) is 0 Å². The van der Waals surface area contributed by atoms with Gasteiger partial charge in [-0.3, -0.25) is 0 Å². The highest BCUT2D eigenvalue weighted by Crippen LogP contribution is 2.48. The van der Waals surface area contributed by atoms with Crippen molar-refractivity contribution in [1.82, 2.24) is 9.88 Å². The molecule has 3 nitrogen and oxygen atoms in total. The maximum atomic E-state index is 13.7. The third kappa shape index (κ3) is 1.68. The van der Waals surface area contributed by atoms with Gasteiger partial charge < -0.3 is 14.6 Å². The number of halogens is 1. The van der Waals surface area contributed by atoms with Crippen LogP contribution in [0.4, 0.5) is 4.39 Å². The topological polar surface area (TPSA) is 26.2 Å². The van der Waals surface area contributed by atoms with Gasteiger partial charge >= 0.3 is 0 Å². The molecule has 1 fully saturated rings. The van der Waals surface area contributed by atoms with E-state index in [0.29, 0.717) is 0 Å². The summed E-state index contributed by atoms with van der Waals surface area (Å²) in [5.74, 6) is 0.610. The fraction of sp³-hybridized carbons (Fsp3) is 0.375. The second kappa shape index (κ2) is 4.35. The van der Waals surface area contributed by atoms with Crippen molar-refractivity contribution in [3.8, 4) is 5.75 Å². The molecular weight excluding hydrogens is 255 g/mol. The van der Waals surface area contributed by atoms with Crippen LogP contribution in [0.1, 0.15) is 24.4 Å². The smallest absolute Gasteiger partial charge is 0.146 e. The molecule has 1 spiro atoms. The molecule has 2 aromatic rings. The monoisotopic (exact) mass is 272 g/mol. The summed E-state index contributed by atoms with van der Waals surface area (Å²) in [5, 5.41) is 3.43. The van der Waals surface area contributed by atoms with Crippen LogP contribution in [0.25, 0.3) is 0 Å². The van der Waals surface area contributed by atoms with Gasteiger partial charge in [-0.25, -0.2) is 4.39 Å². The van der Waals surface area contributed by atoms with Crippen LogP contribution in [0.5, 0.6) is 5.75 Å². The van der Waals surface area contributed by atoms with Crippen LogP contribution in [0, 0.1) is 5.82 Å². The zero-order valence-electron chi connectivity index (χ0n) is 11.2. The molecule has 0 saturated carbocycles. The van der Waals surface area contributed by atoms with Crippen molar-refractivity contribution in [3.63, 3.8) is 0 Å². The van der Waals surface area contributed by atoms with E-state index in [0.717, 1.165) is 37.2 Å². The van der Waals surface area contributed by atoms with Gasteiger partial charge in [-0.2, -0.15) is 0 Å². The maximum absolute atomic E-state index is 13.7. The number of hydrogen-bond donors (Lipinski definition) is 1. The third-order valence-electron chi connectivity index (χ3n) is 4.38. The molecule has 0 bridgehead atoms. The summed E-state index contributed by atoms with van der Waals surface area (Å²) < 4.78 is 22.1. The van der Waals surface area contributed by atoms with Gasteiger partial charge in [0.15, 0.2) is 0 Å². The second-order valence-electron chi connectivity index (χ2n) is 5.66. The summed E-state index contributed by atoms with van der Waals surface area (Å²) >= 11 is 0. The highest BCUT2D eigenvalue weighted by molar-refractivity contribution is 5.44. The molecule has 4 rings (SSSR count).